The van der Waals surface area contributed by atoms with E-state index in [-0.39, 0.29) is 5.75 Å². The zero-order valence-corrected chi connectivity index (χ0v) is 12.9. The van der Waals surface area contributed by atoms with E-state index in [0.717, 1.165) is 12.0 Å². The van der Waals surface area contributed by atoms with E-state index in [1.807, 2.05) is 6.07 Å². The van der Waals surface area contributed by atoms with Crippen molar-refractivity contribution >= 4 is 14.0 Å². The predicted molar refractivity (Wildman–Crippen MR) is 79.3 cm³/mol. The summed E-state index contributed by atoms with van der Waals surface area (Å²) in [7, 11) is -1.54. The number of nitrogen functional groups attached to an aromatic ring is 1. The Morgan fingerprint density at radius 3 is 2.56 bits per heavy atom. The minimum absolute atomic E-state index is 0.215. The molecule has 1 aromatic rings. The van der Waals surface area contributed by atoms with Gasteiger partial charge in [-0.15, -0.1) is 0 Å². The Morgan fingerprint density at radius 2 is 2.00 bits per heavy atom. The first-order valence-corrected chi connectivity index (χ1v) is 9.63. The topological polar surface area (TPSA) is 55.5 Å². The summed E-state index contributed by atoms with van der Waals surface area (Å²) in [6.07, 6.45) is 0.806. The van der Waals surface area contributed by atoms with Crippen LogP contribution >= 0.6 is 0 Å². The van der Waals surface area contributed by atoms with E-state index in [9.17, 15) is 5.11 Å². The molecule has 0 amide bonds. The van der Waals surface area contributed by atoms with Crippen molar-refractivity contribution in [1.82, 2.24) is 0 Å². The van der Waals surface area contributed by atoms with Crippen molar-refractivity contribution in [2.24, 2.45) is 5.92 Å². The molecule has 3 nitrogen and oxygen atoms in total. The standard InChI is InChI=1S/C14H25NO2Si/c1-11(2)10-18(3,4)17-8-7-12-5-6-13(16)9-14(12)15/h5-6,9,11,16H,7-8,10,15H2,1-4H3. The number of phenols is 1. The fourth-order valence-electron chi connectivity index (χ4n) is 2.29. The molecule has 0 atom stereocenters. The zero-order valence-electron chi connectivity index (χ0n) is 11.9. The van der Waals surface area contributed by atoms with Crippen LogP contribution in [0.5, 0.6) is 5.75 Å². The molecule has 0 heterocycles. The van der Waals surface area contributed by atoms with Crippen LogP contribution in [0.2, 0.25) is 19.1 Å². The summed E-state index contributed by atoms with van der Waals surface area (Å²) in [6.45, 7) is 9.69. The Morgan fingerprint density at radius 1 is 1.33 bits per heavy atom. The molecule has 0 saturated carbocycles. The first kappa shape index (κ1) is 15.1. The summed E-state index contributed by atoms with van der Waals surface area (Å²) in [6, 6.07) is 6.30. The molecule has 0 fully saturated rings. The molecule has 0 aromatic heterocycles. The van der Waals surface area contributed by atoms with Crippen molar-refractivity contribution < 1.29 is 9.53 Å². The van der Waals surface area contributed by atoms with Crippen LogP contribution in [0.1, 0.15) is 19.4 Å². The molecule has 0 unspecified atom stereocenters. The van der Waals surface area contributed by atoms with E-state index < -0.39 is 8.32 Å². The number of rotatable bonds is 6. The Hall–Kier alpha value is -1.00. The van der Waals surface area contributed by atoms with E-state index in [1.165, 1.54) is 6.04 Å². The maximum absolute atomic E-state index is 9.29. The van der Waals surface area contributed by atoms with Crippen LogP contribution in [0.15, 0.2) is 18.2 Å². The maximum Gasteiger partial charge on any atom is 0.186 e. The van der Waals surface area contributed by atoms with E-state index in [0.29, 0.717) is 18.2 Å². The average molecular weight is 267 g/mol. The maximum atomic E-state index is 9.29. The van der Waals surface area contributed by atoms with E-state index >= 15 is 0 Å². The van der Waals surface area contributed by atoms with Gasteiger partial charge in [0.15, 0.2) is 8.32 Å². The van der Waals surface area contributed by atoms with Gasteiger partial charge in [-0.05, 0) is 43.1 Å². The highest BCUT2D eigenvalue weighted by Gasteiger charge is 2.23. The molecule has 0 aliphatic heterocycles. The Bertz CT molecular complexity index is 391. The summed E-state index contributed by atoms with van der Waals surface area (Å²) in [5.41, 5.74) is 7.53. The lowest BCUT2D eigenvalue weighted by atomic mass is 10.1. The normalized spacial score (nSPS) is 12.1. The Kier molecular flexibility index (Phi) is 5.23. The molecule has 0 radical (unpaired) electrons. The monoisotopic (exact) mass is 267 g/mol. The second-order valence-electron chi connectivity index (χ2n) is 5.84. The van der Waals surface area contributed by atoms with Crippen molar-refractivity contribution in [3.8, 4) is 5.75 Å². The van der Waals surface area contributed by atoms with Gasteiger partial charge in [-0.1, -0.05) is 19.9 Å². The van der Waals surface area contributed by atoms with Crippen LogP contribution in [0.25, 0.3) is 0 Å². The quantitative estimate of drug-likeness (QED) is 0.613. The van der Waals surface area contributed by atoms with Gasteiger partial charge in [0, 0.05) is 18.4 Å². The van der Waals surface area contributed by atoms with Gasteiger partial charge in [0.25, 0.3) is 0 Å². The molecule has 0 spiro atoms. The van der Waals surface area contributed by atoms with Gasteiger partial charge in [0.1, 0.15) is 5.75 Å². The van der Waals surface area contributed by atoms with Crippen LogP contribution < -0.4 is 5.73 Å². The van der Waals surface area contributed by atoms with Crippen molar-refractivity contribution in [1.29, 1.82) is 0 Å². The van der Waals surface area contributed by atoms with Crippen molar-refractivity contribution in [3.05, 3.63) is 23.8 Å². The molecule has 1 aromatic carbocycles. The predicted octanol–water partition coefficient (Wildman–Crippen LogP) is 3.39. The fraction of sp³-hybridized carbons (Fsp3) is 0.571. The van der Waals surface area contributed by atoms with Gasteiger partial charge in [-0.25, -0.2) is 0 Å². The number of benzene rings is 1. The fourth-order valence-corrected chi connectivity index (χ4v) is 5.03. The second-order valence-corrected chi connectivity index (χ2v) is 10.1. The van der Waals surface area contributed by atoms with E-state index in [4.69, 9.17) is 10.2 Å². The van der Waals surface area contributed by atoms with Crippen LogP contribution in [-0.2, 0) is 10.8 Å². The summed E-state index contributed by atoms with van der Waals surface area (Å²) in [4.78, 5) is 0. The molecule has 4 heteroatoms. The molecule has 1 rings (SSSR count). The molecular weight excluding hydrogens is 242 g/mol. The number of aromatic hydroxyl groups is 1. The highest BCUT2D eigenvalue weighted by atomic mass is 28.4. The van der Waals surface area contributed by atoms with E-state index in [1.54, 1.807) is 12.1 Å². The van der Waals surface area contributed by atoms with Gasteiger partial charge in [-0.2, -0.15) is 0 Å². The number of nitrogens with two attached hydrogens (primary N) is 1. The van der Waals surface area contributed by atoms with Crippen LogP contribution in [0.4, 0.5) is 5.69 Å². The van der Waals surface area contributed by atoms with Crippen LogP contribution in [0, 0.1) is 5.92 Å². The molecule has 0 saturated heterocycles. The lowest BCUT2D eigenvalue weighted by Crippen LogP contribution is -2.32. The molecule has 0 aliphatic rings. The van der Waals surface area contributed by atoms with Gasteiger partial charge in [0.05, 0.1) is 0 Å². The largest absolute Gasteiger partial charge is 0.508 e. The molecule has 102 valence electrons. The molecular formula is C14H25NO2Si. The number of anilines is 1. The third-order valence-electron chi connectivity index (χ3n) is 2.89. The molecule has 0 aliphatic carbocycles. The zero-order chi connectivity index (χ0) is 13.8. The summed E-state index contributed by atoms with van der Waals surface area (Å²) < 4.78 is 6.05. The lowest BCUT2D eigenvalue weighted by molar-refractivity contribution is 0.307. The Balaban J connectivity index is 2.46. The summed E-state index contributed by atoms with van der Waals surface area (Å²) >= 11 is 0. The summed E-state index contributed by atoms with van der Waals surface area (Å²) in [5.74, 6) is 0.900. The minimum atomic E-state index is -1.54. The molecule has 0 bridgehead atoms. The highest BCUT2D eigenvalue weighted by Crippen LogP contribution is 2.21. The van der Waals surface area contributed by atoms with E-state index in [2.05, 4.69) is 26.9 Å². The van der Waals surface area contributed by atoms with Gasteiger partial charge in [0.2, 0.25) is 0 Å². The third kappa shape index (κ3) is 5.10. The van der Waals surface area contributed by atoms with Crippen LogP contribution in [0.3, 0.4) is 0 Å². The van der Waals surface area contributed by atoms with Gasteiger partial charge < -0.3 is 15.3 Å². The number of hydrogen-bond donors (Lipinski definition) is 2. The number of hydrogen-bond acceptors (Lipinski definition) is 3. The van der Waals surface area contributed by atoms with Crippen molar-refractivity contribution in [2.75, 3.05) is 12.3 Å². The van der Waals surface area contributed by atoms with Crippen molar-refractivity contribution in [3.63, 3.8) is 0 Å². The third-order valence-corrected chi connectivity index (χ3v) is 5.68. The molecule has 18 heavy (non-hydrogen) atoms. The highest BCUT2D eigenvalue weighted by molar-refractivity contribution is 6.71. The SMILES string of the molecule is CC(C)C[Si](C)(C)OCCc1ccc(O)cc1N. The average Bonchev–Trinajstić information content (AvgIpc) is 2.19. The van der Waals surface area contributed by atoms with Gasteiger partial charge in [-0.3, -0.25) is 0 Å². The summed E-state index contributed by atoms with van der Waals surface area (Å²) in [5, 5.41) is 9.29. The smallest absolute Gasteiger partial charge is 0.186 e. The molecule has 3 N–H and O–H groups in total. The first-order valence-electron chi connectivity index (χ1n) is 6.51. The van der Waals surface area contributed by atoms with Gasteiger partial charge >= 0.3 is 0 Å². The first-order chi connectivity index (χ1) is 8.30. The number of phenolic OH excluding ortho intramolecular Hbond substituents is 1. The minimum Gasteiger partial charge on any atom is -0.508 e. The van der Waals surface area contributed by atoms with Crippen molar-refractivity contribution in [2.45, 2.75) is 39.4 Å². The Labute approximate surface area is 111 Å². The lowest BCUT2D eigenvalue weighted by Gasteiger charge is -2.24. The van der Waals surface area contributed by atoms with Crippen LogP contribution in [-0.4, -0.2) is 20.0 Å². The second kappa shape index (κ2) is 6.25.